The fraction of sp³-hybridized carbons (Fsp3) is 0.500. The van der Waals surface area contributed by atoms with Crippen LogP contribution in [0.15, 0.2) is 12.1 Å². The number of aryl methyl sites for hydroxylation is 2. The van der Waals surface area contributed by atoms with Crippen molar-refractivity contribution in [1.29, 1.82) is 0 Å². The van der Waals surface area contributed by atoms with Crippen molar-refractivity contribution in [3.8, 4) is 0 Å². The minimum atomic E-state index is -0.707. The quantitative estimate of drug-likeness (QED) is 0.753. The van der Waals surface area contributed by atoms with E-state index in [0.29, 0.717) is 5.56 Å². The summed E-state index contributed by atoms with van der Waals surface area (Å²) in [6, 6.07) is 3.24. The number of halogens is 1. The van der Waals surface area contributed by atoms with Gasteiger partial charge in [0, 0.05) is 0 Å². The van der Waals surface area contributed by atoms with Crippen LogP contribution in [0.25, 0.3) is 0 Å². The summed E-state index contributed by atoms with van der Waals surface area (Å²) in [7, 11) is 3.64. The van der Waals surface area contributed by atoms with E-state index >= 15 is 0 Å². The molecule has 0 radical (unpaired) electrons. The molecule has 1 aromatic rings. The average Bonchev–Trinajstić information content (AvgIpc) is 2.15. The molecule has 0 heterocycles. The van der Waals surface area contributed by atoms with Crippen LogP contribution in [-0.4, -0.2) is 30.3 Å². The van der Waals surface area contributed by atoms with Gasteiger partial charge in [-0.2, -0.15) is 0 Å². The average molecular weight is 237 g/mol. The van der Waals surface area contributed by atoms with Crippen molar-refractivity contribution in [3.05, 3.63) is 34.6 Å². The van der Waals surface area contributed by atoms with E-state index in [-0.39, 0.29) is 11.3 Å². The second kappa shape index (κ2) is 4.57. The monoisotopic (exact) mass is 237 g/mol. The fourth-order valence-electron chi connectivity index (χ4n) is 1.71. The van der Waals surface area contributed by atoms with Gasteiger partial charge in [-0.3, -0.25) is 9.69 Å². The molecule has 0 unspecified atom stereocenters. The molecular weight excluding hydrogens is 217 g/mol. The van der Waals surface area contributed by atoms with Gasteiger partial charge in [-0.25, -0.2) is 4.39 Å². The molecule has 1 rings (SSSR count). The Morgan fingerprint density at radius 3 is 2.18 bits per heavy atom. The molecule has 0 N–H and O–H groups in total. The van der Waals surface area contributed by atoms with Gasteiger partial charge in [-0.1, -0.05) is 6.07 Å². The first-order chi connectivity index (χ1) is 7.67. The molecule has 3 heteroatoms. The van der Waals surface area contributed by atoms with Gasteiger partial charge in [-0.15, -0.1) is 0 Å². The minimum Gasteiger partial charge on any atom is -0.297 e. The number of hydrogen-bond acceptors (Lipinski definition) is 2. The maximum atomic E-state index is 13.9. The molecule has 1 aromatic carbocycles. The summed E-state index contributed by atoms with van der Waals surface area (Å²) in [6.45, 7) is 7.19. The van der Waals surface area contributed by atoms with Crippen molar-refractivity contribution in [2.24, 2.45) is 0 Å². The molecule has 2 nitrogen and oxygen atoms in total. The third-order valence-corrected chi connectivity index (χ3v) is 3.33. The van der Waals surface area contributed by atoms with Crippen LogP contribution in [0, 0.1) is 19.7 Å². The number of ketones is 1. The number of rotatable bonds is 3. The molecule has 0 aromatic heterocycles. The Kier molecular flexibility index (Phi) is 3.72. The standard InChI is InChI=1S/C14H20FNO/c1-9-7-10(2)12(11(15)8-9)13(17)14(3,4)16(5)6/h7-8H,1-6H3. The Labute approximate surface area is 102 Å². The first-order valence-corrected chi connectivity index (χ1v) is 5.67. The number of likely N-dealkylation sites (N-methyl/N-ethyl adjacent to an activating group) is 1. The van der Waals surface area contributed by atoms with Crippen LogP contribution < -0.4 is 0 Å². The van der Waals surface area contributed by atoms with Crippen molar-refractivity contribution in [3.63, 3.8) is 0 Å². The Hall–Kier alpha value is -1.22. The van der Waals surface area contributed by atoms with Crippen LogP contribution in [0.4, 0.5) is 4.39 Å². The van der Waals surface area contributed by atoms with Crippen LogP contribution in [0.2, 0.25) is 0 Å². The van der Waals surface area contributed by atoms with E-state index in [0.717, 1.165) is 5.56 Å². The lowest BCUT2D eigenvalue weighted by Crippen LogP contribution is -2.46. The first-order valence-electron chi connectivity index (χ1n) is 5.67. The van der Waals surface area contributed by atoms with Crippen LogP contribution in [0.3, 0.4) is 0 Å². The number of carbonyl (C=O) groups is 1. The molecule has 0 saturated heterocycles. The lowest BCUT2D eigenvalue weighted by atomic mass is 9.89. The lowest BCUT2D eigenvalue weighted by Gasteiger charge is -2.31. The molecule has 94 valence electrons. The van der Waals surface area contributed by atoms with Gasteiger partial charge in [0.1, 0.15) is 5.82 Å². The van der Waals surface area contributed by atoms with E-state index in [1.807, 2.05) is 27.1 Å². The van der Waals surface area contributed by atoms with Crippen LogP contribution in [0.1, 0.15) is 35.3 Å². The van der Waals surface area contributed by atoms with Gasteiger partial charge in [0.05, 0.1) is 11.1 Å². The Morgan fingerprint density at radius 1 is 1.24 bits per heavy atom. The third kappa shape index (κ3) is 2.55. The van der Waals surface area contributed by atoms with Crippen LogP contribution in [0.5, 0.6) is 0 Å². The third-order valence-electron chi connectivity index (χ3n) is 3.33. The Morgan fingerprint density at radius 2 is 1.76 bits per heavy atom. The molecule has 0 bridgehead atoms. The smallest absolute Gasteiger partial charge is 0.185 e. The van der Waals surface area contributed by atoms with E-state index < -0.39 is 11.4 Å². The number of carbonyl (C=O) groups excluding carboxylic acids is 1. The summed E-state index contributed by atoms with van der Waals surface area (Å²) in [4.78, 5) is 14.2. The predicted octanol–water partition coefficient (Wildman–Crippen LogP) is 2.97. The van der Waals surface area contributed by atoms with Crippen molar-refractivity contribution in [2.75, 3.05) is 14.1 Å². The zero-order valence-electron chi connectivity index (χ0n) is 11.4. The van der Waals surface area contributed by atoms with Gasteiger partial charge in [-0.05, 0) is 59.0 Å². The topological polar surface area (TPSA) is 20.3 Å². The second-order valence-electron chi connectivity index (χ2n) is 5.22. The highest BCUT2D eigenvalue weighted by Crippen LogP contribution is 2.23. The zero-order chi connectivity index (χ0) is 13.4. The molecule has 0 spiro atoms. The Balaban J connectivity index is 3.31. The highest BCUT2D eigenvalue weighted by Gasteiger charge is 2.33. The fourth-order valence-corrected chi connectivity index (χ4v) is 1.71. The normalized spacial score (nSPS) is 12.0. The van der Waals surface area contributed by atoms with Crippen molar-refractivity contribution < 1.29 is 9.18 Å². The van der Waals surface area contributed by atoms with Crippen molar-refractivity contribution in [2.45, 2.75) is 33.2 Å². The number of benzene rings is 1. The summed E-state index contributed by atoms with van der Waals surface area (Å²) in [5.74, 6) is -0.611. The van der Waals surface area contributed by atoms with Crippen molar-refractivity contribution >= 4 is 5.78 Å². The van der Waals surface area contributed by atoms with Crippen molar-refractivity contribution in [1.82, 2.24) is 4.90 Å². The zero-order valence-corrected chi connectivity index (χ0v) is 11.4. The summed E-state index contributed by atoms with van der Waals surface area (Å²) in [6.07, 6.45) is 0. The largest absolute Gasteiger partial charge is 0.297 e. The summed E-state index contributed by atoms with van der Waals surface area (Å²) < 4.78 is 13.9. The van der Waals surface area contributed by atoms with E-state index in [4.69, 9.17) is 0 Å². The second-order valence-corrected chi connectivity index (χ2v) is 5.22. The molecule has 17 heavy (non-hydrogen) atoms. The molecule has 0 fully saturated rings. The van der Waals surface area contributed by atoms with Gasteiger partial charge < -0.3 is 0 Å². The predicted molar refractivity (Wildman–Crippen MR) is 68.0 cm³/mol. The highest BCUT2D eigenvalue weighted by molar-refractivity contribution is 6.04. The minimum absolute atomic E-state index is 0.183. The maximum absolute atomic E-state index is 13.9. The number of Topliss-reactive ketones (excluding diaryl/α,β-unsaturated/α-hetero) is 1. The van der Waals surface area contributed by atoms with Gasteiger partial charge >= 0.3 is 0 Å². The van der Waals surface area contributed by atoms with Gasteiger partial charge in [0.25, 0.3) is 0 Å². The molecule has 0 saturated carbocycles. The highest BCUT2D eigenvalue weighted by atomic mass is 19.1. The molecular formula is C14H20FNO. The maximum Gasteiger partial charge on any atom is 0.185 e. The van der Waals surface area contributed by atoms with E-state index in [1.165, 1.54) is 6.07 Å². The van der Waals surface area contributed by atoms with Gasteiger partial charge in [0.15, 0.2) is 5.78 Å². The molecule has 0 aliphatic rings. The van der Waals surface area contributed by atoms with E-state index in [9.17, 15) is 9.18 Å². The van der Waals surface area contributed by atoms with E-state index in [1.54, 1.807) is 25.7 Å². The summed E-state index contributed by atoms with van der Waals surface area (Å²) >= 11 is 0. The van der Waals surface area contributed by atoms with Gasteiger partial charge in [0.2, 0.25) is 0 Å². The summed E-state index contributed by atoms with van der Waals surface area (Å²) in [5, 5.41) is 0. The number of hydrogen-bond donors (Lipinski definition) is 0. The van der Waals surface area contributed by atoms with E-state index in [2.05, 4.69) is 0 Å². The lowest BCUT2D eigenvalue weighted by molar-refractivity contribution is 0.0750. The van der Waals surface area contributed by atoms with Crippen LogP contribution in [-0.2, 0) is 0 Å². The molecule has 0 amide bonds. The first kappa shape index (κ1) is 13.8. The number of nitrogens with zero attached hydrogens (tertiary/aromatic N) is 1. The Bertz CT molecular complexity index is 427. The van der Waals surface area contributed by atoms with Crippen LogP contribution >= 0.6 is 0 Å². The molecule has 0 aliphatic heterocycles. The summed E-state index contributed by atoms with van der Waals surface area (Å²) in [5.41, 5.74) is 1.02. The molecule has 0 atom stereocenters. The SMILES string of the molecule is Cc1cc(C)c(C(=O)C(C)(C)N(C)C)c(F)c1. The molecule has 0 aliphatic carbocycles.